The van der Waals surface area contributed by atoms with E-state index in [1.165, 1.54) is 0 Å². The van der Waals surface area contributed by atoms with Crippen LogP contribution in [-0.2, 0) is 9.59 Å². The summed E-state index contributed by atoms with van der Waals surface area (Å²) in [5.41, 5.74) is 4.36. The molecule has 1 aliphatic heterocycles. The molecule has 0 fully saturated rings. The van der Waals surface area contributed by atoms with Crippen LogP contribution in [0.1, 0.15) is 42.7 Å². The van der Waals surface area contributed by atoms with Gasteiger partial charge in [-0.1, -0.05) is 18.2 Å². The molecule has 5 nitrogen and oxygen atoms in total. The third-order valence-corrected chi connectivity index (χ3v) is 5.75. The summed E-state index contributed by atoms with van der Waals surface area (Å²) in [6.45, 7) is 2.00. The summed E-state index contributed by atoms with van der Waals surface area (Å²) >= 11 is 0. The van der Waals surface area contributed by atoms with Gasteiger partial charge in [0.2, 0.25) is 5.91 Å². The molecule has 150 valence electrons. The predicted molar refractivity (Wildman–Crippen MR) is 111 cm³/mol. The Morgan fingerprint density at radius 2 is 1.83 bits per heavy atom. The lowest BCUT2D eigenvalue weighted by Crippen LogP contribution is -2.40. The van der Waals surface area contributed by atoms with Gasteiger partial charge in [-0.15, -0.1) is 0 Å². The first-order valence-electron chi connectivity index (χ1n) is 9.91. The van der Waals surface area contributed by atoms with Gasteiger partial charge in [0.1, 0.15) is 11.5 Å². The Hall–Kier alpha value is -3.08. The second-order valence-electron chi connectivity index (χ2n) is 7.57. The average Bonchev–Trinajstić information content (AvgIpc) is 2.72. The van der Waals surface area contributed by atoms with Crippen LogP contribution in [0.15, 0.2) is 53.7 Å². The van der Waals surface area contributed by atoms with E-state index in [2.05, 4.69) is 0 Å². The van der Waals surface area contributed by atoms with Crippen molar-refractivity contribution in [2.75, 3.05) is 19.1 Å². The summed E-state index contributed by atoms with van der Waals surface area (Å²) in [7, 11) is 3.20. The van der Waals surface area contributed by atoms with Crippen LogP contribution < -0.4 is 14.4 Å². The Morgan fingerprint density at radius 1 is 1.00 bits per heavy atom. The van der Waals surface area contributed by atoms with Crippen molar-refractivity contribution in [1.82, 2.24) is 0 Å². The molecular weight excluding hydrogens is 366 g/mol. The van der Waals surface area contributed by atoms with Gasteiger partial charge in [-0.05, 0) is 43.5 Å². The van der Waals surface area contributed by atoms with Crippen molar-refractivity contribution in [3.8, 4) is 11.5 Å². The van der Waals surface area contributed by atoms with Crippen molar-refractivity contribution in [2.24, 2.45) is 0 Å². The molecule has 1 heterocycles. The molecule has 5 heteroatoms. The minimum absolute atomic E-state index is 0.00641. The van der Waals surface area contributed by atoms with E-state index in [0.29, 0.717) is 17.9 Å². The smallest absolute Gasteiger partial charge is 0.232 e. The van der Waals surface area contributed by atoms with E-state index in [-0.39, 0.29) is 24.0 Å². The lowest BCUT2D eigenvalue weighted by Gasteiger charge is -2.38. The maximum absolute atomic E-state index is 13.3. The number of ketones is 1. The van der Waals surface area contributed by atoms with E-state index in [1.54, 1.807) is 25.2 Å². The zero-order chi connectivity index (χ0) is 20.5. The topological polar surface area (TPSA) is 55.8 Å². The van der Waals surface area contributed by atoms with E-state index in [0.717, 1.165) is 40.9 Å². The standard InChI is InChI=1S/C24H25NO4/c1-15-6-4-7-16(12-15)25-20-8-5-9-21(26)24(20)19(14-23(25)27)18-11-10-17(28-2)13-22(18)29-3/h4,6-7,10-13,19H,5,8-9,14H2,1-3H3/t19-/m0/s1. The Labute approximate surface area is 170 Å². The fraction of sp³-hybridized carbons (Fsp3) is 0.333. The van der Waals surface area contributed by atoms with Crippen LogP contribution in [0.5, 0.6) is 11.5 Å². The quantitative estimate of drug-likeness (QED) is 0.768. The highest BCUT2D eigenvalue weighted by Gasteiger charge is 2.40. The van der Waals surface area contributed by atoms with Crippen LogP contribution in [0.2, 0.25) is 0 Å². The third kappa shape index (κ3) is 3.41. The highest BCUT2D eigenvalue weighted by atomic mass is 16.5. The Morgan fingerprint density at radius 3 is 2.55 bits per heavy atom. The van der Waals surface area contributed by atoms with Gasteiger partial charge in [0.25, 0.3) is 0 Å². The summed E-state index contributed by atoms with van der Waals surface area (Å²) < 4.78 is 10.9. The molecule has 4 rings (SSSR count). The fourth-order valence-electron chi connectivity index (χ4n) is 4.43. The van der Waals surface area contributed by atoms with Crippen molar-refractivity contribution in [1.29, 1.82) is 0 Å². The van der Waals surface area contributed by atoms with Gasteiger partial charge in [-0.25, -0.2) is 0 Å². The van der Waals surface area contributed by atoms with Crippen LogP contribution in [0.3, 0.4) is 0 Å². The fourth-order valence-corrected chi connectivity index (χ4v) is 4.43. The molecule has 1 atom stereocenters. The SMILES string of the molecule is COc1ccc([C@@H]2CC(=O)N(c3cccc(C)c3)C3=C2C(=O)CCC3)c(OC)c1. The van der Waals surface area contributed by atoms with Crippen molar-refractivity contribution in [2.45, 2.75) is 38.5 Å². The lowest BCUT2D eigenvalue weighted by atomic mass is 9.76. The van der Waals surface area contributed by atoms with Crippen LogP contribution in [-0.4, -0.2) is 25.9 Å². The first-order valence-corrected chi connectivity index (χ1v) is 9.91. The number of benzene rings is 2. The number of amides is 1. The average molecular weight is 391 g/mol. The zero-order valence-electron chi connectivity index (χ0n) is 17.0. The number of allylic oxidation sites excluding steroid dienone is 2. The van der Waals surface area contributed by atoms with Gasteiger partial charge >= 0.3 is 0 Å². The largest absolute Gasteiger partial charge is 0.497 e. The maximum Gasteiger partial charge on any atom is 0.232 e. The summed E-state index contributed by atoms with van der Waals surface area (Å²) in [6, 6.07) is 13.4. The summed E-state index contributed by atoms with van der Waals surface area (Å²) in [4.78, 5) is 28.1. The van der Waals surface area contributed by atoms with Gasteiger partial charge in [-0.3, -0.25) is 14.5 Å². The molecule has 2 aromatic rings. The number of nitrogens with zero attached hydrogens (tertiary/aromatic N) is 1. The van der Waals surface area contributed by atoms with Gasteiger partial charge in [-0.2, -0.15) is 0 Å². The molecule has 0 N–H and O–H groups in total. The number of rotatable bonds is 4. The van der Waals surface area contributed by atoms with E-state index in [9.17, 15) is 9.59 Å². The number of carbonyl (C=O) groups excluding carboxylic acids is 2. The molecule has 1 amide bonds. The Bertz CT molecular complexity index is 1010. The van der Waals surface area contributed by atoms with Crippen LogP contribution in [0.25, 0.3) is 0 Å². The zero-order valence-corrected chi connectivity index (χ0v) is 17.0. The molecule has 0 bridgehead atoms. The number of hydrogen-bond acceptors (Lipinski definition) is 4. The number of Topliss-reactive ketones (excluding diaryl/α,β-unsaturated/α-hetero) is 1. The number of ether oxygens (including phenoxy) is 2. The molecule has 0 spiro atoms. The highest BCUT2D eigenvalue weighted by molar-refractivity contribution is 6.07. The van der Waals surface area contributed by atoms with Gasteiger partial charge in [0, 0.05) is 47.3 Å². The summed E-state index contributed by atoms with van der Waals surface area (Å²) in [5, 5.41) is 0. The number of carbonyl (C=O) groups is 2. The highest BCUT2D eigenvalue weighted by Crippen LogP contribution is 2.46. The maximum atomic E-state index is 13.3. The van der Waals surface area contributed by atoms with Gasteiger partial charge in [0.05, 0.1) is 14.2 Å². The molecule has 1 aliphatic carbocycles. The molecular formula is C24H25NO4. The molecule has 29 heavy (non-hydrogen) atoms. The van der Waals surface area contributed by atoms with Crippen LogP contribution in [0.4, 0.5) is 5.69 Å². The molecule has 0 aromatic heterocycles. The minimum Gasteiger partial charge on any atom is -0.497 e. The Kier molecular flexibility index (Phi) is 5.14. The molecule has 0 saturated heterocycles. The van der Waals surface area contributed by atoms with Crippen molar-refractivity contribution in [3.63, 3.8) is 0 Å². The summed E-state index contributed by atoms with van der Waals surface area (Å²) in [6.07, 6.45) is 2.24. The van der Waals surface area contributed by atoms with E-state index >= 15 is 0 Å². The van der Waals surface area contributed by atoms with E-state index < -0.39 is 0 Å². The van der Waals surface area contributed by atoms with Crippen molar-refractivity contribution in [3.05, 3.63) is 64.9 Å². The number of aryl methyl sites for hydroxylation is 1. The first kappa shape index (κ1) is 19.2. The number of methoxy groups -OCH3 is 2. The molecule has 2 aromatic carbocycles. The normalized spacial score (nSPS) is 19.3. The Balaban J connectivity index is 1.87. The van der Waals surface area contributed by atoms with Crippen LogP contribution in [0, 0.1) is 6.92 Å². The molecule has 0 saturated carbocycles. The van der Waals surface area contributed by atoms with Crippen molar-refractivity contribution >= 4 is 17.4 Å². The first-order chi connectivity index (χ1) is 14.0. The second-order valence-corrected chi connectivity index (χ2v) is 7.57. The second kappa shape index (κ2) is 7.74. The van der Waals surface area contributed by atoms with E-state index in [1.807, 2.05) is 43.3 Å². The lowest BCUT2D eigenvalue weighted by molar-refractivity contribution is -0.119. The molecule has 2 aliphatic rings. The van der Waals surface area contributed by atoms with Crippen LogP contribution >= 0.6 is 0 Å². The monoisotopic (exact) mass is 391 g/mol. The van der Waals surface area contributed by atoms with Gasteiger partial charge in [0.15, 0.2) is 5.78 Å². The summed E-state index contributed by atoms with van der Waals surface area (Å²) in [5.74, 6) is 1.15. The predicted octanol–water partition coefficient (Wildman–Crippen LogP) is 4.54. The molecule has 0 unspecified atom stereocenters. The minimum atomic E-state index is -0.299. The number of anilines is 1. The van der Waals surface area contributed by atoms with Crippen molar-refractivity contribution < 1.29 is 19.1 Å². The van der Waals surface area contributed by atoms with Gasteiger partial charge < -0.3 is 9.47 Å². The third-order valence-electron chi connectivity index (χ3n) is 5.75. The number of hydrogen-bond donors (Lipinski definition) is 0. The van der Waals surface area contributed by atoms with E-state index in [4.69, 9.17) is 9.47 Å². The molecule has 0 radical (unpaired) electrons.